The summed E-state index contributed by atoms with van der Waals surface area (Å²) in [5.74, 6) is 1.52. The molecule has 2 aromatic heterocycles. The zero-order valence-electron chi connectivity index (χ0n) is 11.1. The summed E-state index contributed by atoms with van der Waals surface area (Å²) in [7, 11) is 1.99. The normalized spacial score (nSPS) is 16.5. The van der Waals surface area contributed by atoms with E-state index in [0.29, 0.717) is 16.0 Å². The van der Waals surface area contributed by atoms with Crippen LogP contribution in [0.1, 0.15) is 24.6 Å². The highest BCUT2D eigenvalue weighted by atomic mass is 35.5. The first-order valence-corrected chi connectivity index (χ1v) is 7.68. The molecule has 0 aromatic carbocycles. The van der Waals surface area contributed by atoms with E-state index in [9.17, 15) is 0 Å². The van der Waals surface area contributed by atoms with Gasteiger partial charge in [0.25, 0.3) is 0 Å². The van der Waals surface area contributed by atoms with Crippen molar-refractivity contribution in [2.24, 2.45) is 7.05 Å². The maximum Gasteiger partial charge on any atom is 0.197 e. The summed E-state index contributed by atoms with van der Waals surface area (Å²) in [5, 5.41) is 14.0. The Hall–Kier alpha value is -1.18. The van der Waals surface area contributed by atoms with E-state index in [1.54, 1.807) is 6.20 Å². The third-order valence-electron chi connectivity index (χ3n) is 3.39. The van der Waals surface area contributed by atoms with Crippen LogP contribution >= 0.6 is 23.4 Å². The van der Waals surface area contributed by atoms with E-state index in [1.165, 1.54) is 18.1 Å². The summed E-state index contributed by atoms with van der Waals surface area (Å²) in [4.78, 5) is 8.05. The molecule has 1 saturated heterocycles. The standard InChI is InChI=1S/C12H15ClN6S/c1-19-10(8-2-4-14-5-3-8)17-18-12(19)20-11-9(13)6-15-7-16-11/h6-8,14H,2-5H2,1H3. The van der Waals surface area contributed by atoms with Crippen LogP contribution < -0.4 is 5.32 Å². The third-order valence-corrected chi connectivity index (χ3v) is 4.84. The first kappa shape index (κ1) is 13.8. The maximum absolute atomic E-state index is 6.07. The molecule has 0 saturated carbocycles. The third kappa shape index (κ3) is 2.79. The molecule has 1 aliphatic rings. The Kier molecular flexibility index (Phi) is 4.18. The molecule has 0 amide bonds. The largest absolute Gasteiger partial charge is 0.317 e. The molecule has 106 valence electrons. The summed E-state index contributed by atoms with van der Waals surface area (Å²) in [6, 6.07) is 0. The van der Waals surface area contributed by atoms with Gasteiger partial charge in [0.2, 0.25) is 0 Å². The number of piperidine rings is 1. The van der Waals surface area contributed by atoms with Gasteiger partial charge < -0.3 is 9.88 Å². The lowest BCUT2D eigenvalue weighted by Gasteiger charge is -2.21. The minimum atomic E-state index is 0.476. The second kappa shape index (κ2) is 6.07. The van der Waals surface area contributed by atoms with E-state index in [0.717, 1.165) is 36.9 Å². The predicted molar refractivity (Wildman–Crippen MR) is 77.0 cm³/mol. The van der Waals surface area contributed by atoms with Crippen LogP contribution in [-0.4, -0.2) is 37.8 Å². The molecule has 20 heavy (non-hydrogen) atoms. The van der Waals surface area contributed by atoms with E-state index < -0.39 is 0 Å². The number of hydrogen-bond donors (Lipinski definition) is 1. The summed E-state index contributed by atoms with van der Waals surface area (Å²) in [6.07, 6.45) is 5.27. The molecular weight excluding hydrogens is 296 g/mol. The van der Waals surface area contributed by atoms with Crippen molar-refractivity contribution in [3.05, 3.63) is 23.4 Å². The van der Waals surface area contributed by atoms with Crippen LogP contribution in [-0.2, 0) is 7.05 Å². The van der Waals surface area contributed by atoms with E-state index in [-0.39, 0.29) is 0 Å². The average molecular weight is 311 g/mol. The predicted octanol–water partition coefficient (Wildman–Crippen LogP) is 1.88. The number of aromatic nitrogens is 5. The van der Waals surface area contributed by atoms with E-state index in [4.69, 9.17) is 11.6 Å². The van der Waals surface area contributed by atoms with Crippen LogP contribution in [0.3, 0.4) is 0 Å². The van der Waals surface area contributed by atoms with Crippen LogP contribution in [0.25, 0.3) is 0 Å². The fourth-order valence-corrected chi connectivity index (χ4v) is 3.27. The highest BCUT2D eigenvalue weighted by molar-refractivity contribution is 7.99. The van der Waals surface area contributed by atoms with Crippen molar-refractivity contribution in [1.29, 1.82) is 0 Å². The van der Waals surface area contributed by atoms with Gasteiger partial charge in [-0.3, -0.25) is 0 Å². The summed E-state index contributed by atoms with van der Waals surface area (Å²) in [5.41, 5.74) is 0. The number of hydrogen-bond acceptors (Lipinski definition) is 6. The Bertz CT molecular complexity index is 595. The van der Waals surface area contributed by atoms with Crippen molar-refractivity contribution in [2.75, 3.05) is 13.1 Å². The topological polar surface area (TPSA) is 68.5 Å². The van der Waals surface area contributed by atoms with Gasteiger partial charge in [0.05, 0.1) is 11.2 Å². The van der Waals surface area contributed by atoms with Gasteiger partial charge in [0, 0.05) is 13.0 Å². The molecule has 0 bridgehead atoms. The molecule has 0 spiro atoms. The molecule has 0 atom stereocenters. The second-order valence-electron chi connectivity index (χ2n) is 4.70. The zero-order valence-corrected chi connectivity index (χ0v) is 12.7. The highest BCUT2D eigenvalue weighted by Gasteiger charge is 2.22. The molecule has 1 N–H and O–H groups in total. The molecule has 1 fully saturated rings. The first-order valence-electron chi connectivity index (χ1n) is 6.49. The molecule has 2 aromatic rings. The van der Waals surface area contributed by atoms with E-state index in [1.807, 2.05) is 11.6 Å². The lowest BCUT2D eigenvalue weighted by Crippen LogP contribution is -2.27. The summed E-state index contributed by atoms with van der Waals surface area (Å²) >= 11 is 7.49. The maximum atomic E-state index is 6.07. The van der Waals surface area contributed by atoms with Gasteiger partial charge in [0.15, 0.2) is 5.16 Å². The Labute approximate surface area is 126 Å². The summed E-state index contributed by atoms with van der Waals surface area (Å²) in [6.45, 7) is 2.08. The lowest BCUT2D eigenvalue weighted by molar-refractivity contribution is 0.434. The minimum Gasteiger partial charge on any atom is -0.317 e. The van der Waals surface area contributed by atoms with Crippen molar-refractivity contribution in [3.8, 4) is 0 Å². The van der Waals surface area contributed by atoms with Crippen molar-refractivity contribution >= 4 is 23.4 Å². The van der Waals surface area contributed by atoms with E-state index in [2.05, 4.69) is 25.5 Å². The highest BCUT2D eigenvalue weighted by Crippen LogP contribution is 2.31. The average Bonchev–Trinajstić information content (AvgIpc) is 2.84. The van der Waals surface area contributed by atoms with Gasteiger partial charge >= 0.3 is 0 Å². The Morgan fingerprint density at radius 1 is 1.35 bits per heavy atom. The molecule has 6 nitrogen and oxygen atoms in total. The lowest BCUT2D eigenvalue weighted by atomic mass is 9.97. The molecule has 3 heterocycles. The Morgan fingerprint density at radius 3 is 2.90 bits per heavy atom. The first-order chi connectivity index (χ1) is 9.75. The van der Waals surface area contributed by atoms with Gasteiger partial charge in [-0.25, -0.2) is 9.97 Å². The van der Waals surface area contributed by atoms with Gasteiger partial charge in [-0.1, -0.05) is 11.6 Å². The fourth-order valence-electron chi connectivity index (χ4n) is 2.31. The van der Waals surface area contributed by atoms with Gasteiger partial charge in [-0.2, -0.15) is 0 Å². The number of nitrogens with one attached hydrogen (secondary N) is 1. The zero-order chi connectivity index (χ0) is 13.9. The molecule has 0 unspecified atom stereocenters. The van der Waals surface area contributed by atoms with Crippen LogP contribution in [0.4, 0.5) is 0 Å². The van der Waals surface area contributed by atoms with Crippen LogP contribution in [0.2, 0.25) is 5.02 Å². The number of rotatable bonds is 3. The van der Waals surface area contributed by atoms with Crippen molar-refractivity contribution in [3.63, 3.8) is 0 Å². The SMILES string of the molecule is Cn1c(Sc2ncncc2Cl)nnc1C1CCNCC1. The second-order valence-corrected chi connectivity index (χ2v) is 6.07. The van der Waals surface area contributed by atoms with E-state index >= 15 is 0 Å². The molecule has 8 heteroatoms. The Morgan fingerprint density at radius 2 is 2.15 bits per heavy atom. The fraction of sp³-hybridized carbons (Fsp3) is 0.500. The molecule has 0 aliphatic carbocycles. The molecular formula is C12H15ClN6S. The Balaban J connectivity index is 1.81. The molecule has 3 rings (SSSR count). The summed E-state index contributed by atoms with van der Waals surface area (Å²) < 4.78 is 2.04. The van der Waals surface area contributed by atoms with Crippen molar-refractivity contribution in [1.82, 2.24) is 30.0 Å². The van der Waals surface area contributed by atoms with Crippen molar-refractivity contribution < 1.29 is 0 Å². The quantitative estimate of drug-likeness (QED) is 0.873. The minimum absolute atomic E-state index is 0.476. The monoisotopic (exact) mass is 310 g/mol. The molecule has 1 aliphatic heterocycles. The van der Waals surface area contributed by atoms with Gasteiger partial charge in [0.1, 0.15) is 17.2 Å². The van der Waals surface area contributed by atoms with Crippen LogP contribution in [0, 0.1) is 0 Å². The van der Waals surface area contributed by atoms with Crippen molar-refractivity contribution in [2.45, 2.75) is 28.9 Å². The van der Waals surface area contributed by atoms with Crippen LogP contribution in [0.15, 0.2) is 22.7 Å². The van der Waals surface area contributed by atoms with Gasteiger partial charge in [-0.15, -0.1) is 10.2 Å². The smallest absolute Gasteiger partial charge is 0.197 e. The number of nitrogens with zero attached hydrogens (tertiary/aromatic N) is 5. The van der Waals surface area contributed by atoms with Crippen LogP contribution in [0.5, 0.6) is 0 Å². The van der Waals surface area contributed by atoms with Gasteiger partial charge in [-0.05, 0) is 37.7 Å². The number of halogens is 1. The molecule has 0 radical (unpaired) electrons.